The van der Waals surface area contributed by atoms with Gasteiger partial charge in [0, 0.05) is 19.8 Å². The molecule has 1 aromatic rings. The number of fused-ring (bicyclic) bond motifs is 1. The smallest absolute Gasteiger partial charge is 0.0725 e. The van der Waals surface area contributed by atoms with Crippen LogP contribution >= 0.6 is 0 Å². The van der Waals surface area contributed by atoms with E-state index in [0.717, 1.165) is 26.2 Å². The molecule has 0 aliphatic carbocycles. The van der Waals surface area contributed by atoms with Crippen molar-refractivity contribution in [2.24, 2.45) is 5.92 Å². The number of rotatable bonds is 6. The van der Waals surface area contributed by atoms with Crippen molar-refractivity contribution in [3.8, 4) is 0 Å². The van der Waals surface area contributed by atoms with Crippen LogP contribution in [-0.4, -0.2) is 20.8 Å². The first-order chi connectivity index (χ1) is 8.76. The van der Waals surface area contributed by atoms with Crippen LogP contribution in [0.1, 0.15) is 36.1 Å². The van der Waals surface area contributed by atoms with Crippen LogP contribution in [0.15, 0.2) is 18.2 Å². The Morgan fingerprint density at radius 3 is 2.83 bits per heavy atom. The second-order valence-electron chi connectivity index (χ2n) is 5.05. The summed E-state index contributed by atoms with van der Waals surface area (Å²) in [7, 11) is 3.78. The van der Waals surface area contributed by atoms with Gasteiger partial charge in [0.25, 0.3) is 0 Å². The van der Waals surface area contributed by atoms with Gasteiger partial charge in [-0.15, -0.1) is 0 Å². The van der Waals surface area contributed by atoms with Gasteiger partial charge in [0.15, 0.2) is 0 Å². The van der Waals surface area contributed by atoms with Gasteiger partial charge >= 0.3 is 0 Å². The molecule has 1 heterocycles. The molecule has 0 spiro atoms. The fourth-order valence-corrected chi connectivity index (χ4v) is 2.64. The first kappa shape index (κ1) is 13.5. The predicted molar refractivity (Wildman–Crippen MR) is 72.4 cm³/mol. The molecule has 3 heteroatoms. The van der Waals surface area contributed by atoms with Crippen molar-refractivity contribution in [1.82, 2.24) is 5.32 Å². The summed E-state index contributed by atoms with van der Waals surface area (Å²) in [6, 6.07) is 7.08. The minimum atomic E-state index is 0.381. The largest absolute Gasteiger partial charge is 0.385 e. The van der Waals surface area contributed by atoms with E-state index in [9.17, 15) is 0 Å². The Morgan fingerprint density at radius 1 is 1.33 bits per heavy atom. The summed E-state index contributed by atoms with van der Waals surface area (Å²) in [5.74, 6) is 0.551. The van der Waals surface area contributed by atoms with Crippen molar-refractivity contribution in [2.75, 3.05) is 20.8 Å². The molecule has 100 valence electrons. The molecule has 2 unspecified atom stereocenters. The zero-order valence-electron chi connectivity index (χ0n) is 11.5. The van der Waals surface area contributed by atoms with Crippen molar-refractivity contribution in [1.29, 1.82) is 0 Å². The second kappa shape index (κ2) is 6.32. The number of hydrogen-bond donors (Lipinski definition) is 1. The van der Waals surface area contributed by atoms with Gasteiger partial charge < -0.3 is 14.8 Å². The Labute approximate surface area is 109 Å². The Kier molecular flexibility index (Phi) is 4.75. The van der Waals surface area contributed by atoms with Crippen LogP contribution in [0.25, 0.3) is 0 Å². The third-order valence-corrected chi connectivity index (χ3v) is 3.76. The van der Waals surface area contributed by atoms with Gasteiger partial charge in [0.2, 0.25) is 0 Å². The number of nitrogens with one attached hydrogen (secondary N) is 1. The summed E-state index contributed by atoms with van der Waals surface area (Å²) < 4.78 is 10.6. The van der Waals surface area contributed by atoms with Gasteiger partial charge in [-0.05, 0) is 36.1 Å². The molecule has 0 amide bonds. The molecule has 0 radical (unpaired) electrons. The maximum absolute atomic E-state index is 5.47. The van der Waals surface area contributed by atoms with Crippen molar-refractivity contribution in [2.45, 2.75) is 32.6 Å². The van der Waals surface area contributed by atoms with E-state index in [1.807, 2.05) is 7.05 Å². The molecule has 0 fully saturated rings. The van der Waals surface area contributed by atoms with E-state index in [1.54, 1.807) is 7.11 Å². The highest BCUT2D eigenvalue weighted by atomic mass is 16.5. The highest BCUT2D eigenvalue weighted by Gasteiger charge is 2.19. The maximum Gasteiger partial charge on any atom is 0.0725 e. The van der Waals surface area contributed by atoms with E-state index in [1.165, 1.54) is 16.7 Å². The van der Waals surface area contributed by atoms with Crippen LogP contribution in [0, 0.1) is 5.92 Å². The van der Waals surface area contributed by atoms with Crippen molar-refractivity contribution in [3.05, 3.63) is 34.9 Å². The molecule has 0 saturated heterocycles. The van der Waals surface area contributed by atoms with Gasteiger partial charge in [0.1, 0.15) is 0 Å². The van der Waals surface area contributed by atoms with Crippen LogP contribution in [0.4, 0.5) is 0 Å². The molecule has 1 aliphatic heterocycles. The van der Waals surface area contributed by atoms with Crippen molar-refractivity contribution in [3.63, 3.8) is 0 Å². The van der Waals surface area contributed by atoms with Crippen LogP contribution < -0.4 is 5.32 Å². The second-order valence-corrected chi connectivity index (χ2v) is 5.05. The van der Waals surface area contributed by atoms with Crippen LogP contribution in [0.5, 0.6) is 0 Å². The average Bonchev–Trinajstić information content (AvgIpc) is 2.84. The summed E-state index contributed by atoms with van der Waals surface area (Å²) in [6.45, 7) is 4.60. The number of methoxy groups -OCH3 is 1. The molecule has 1 aliphatic rings. The standard InChI is InChI=1S/C15H23NO2/c1-11(6-7-17-3)15(16-2)12-4-5-13-9-18-10-14(13)8-12/h4-5,8,11,15-16H,6-7,9-10H2,1-3H3. The molecule has 2 rings (SSSR count). The zero-order valence-corrected chi connectivity index (χ0v) is 11.5. The molecular weight excluding hydrogens is 226 g/mol. The highest BCUT2D eigenvalue weighted by molar-refractivity contribution is 5.34. The van der Waals surface area contributed by atoms with Crippen molar-refractivity contribution < 1.29 is 9.47 Å². The topological polar surface area (TPSA) is 30.5 Å². The average molecular weight is 249 g/mol. The van der Waals surface area contributed by atoms with Gasteiger partial charge in [-0.3, -0.25) is 0 Å². The van der Waals surface area contributed by atoms with Gasteiger partial charge in [0.05, 0.1) is 13.2 Å². The van der Waals surface area contributed by atoms with Gasteiger partial charge in [-0.2, -0.15) is 0 Å². The molecular formula is C15H23NO2. The summed E-state index contributed by atoms with van der Waals surface area (Å²) in [4.78, 5) is 0. The lowest BCUT2D eigenvalue weighted by Crippen LogP contribution is -2.24. The van der Waals surface area contributed by atoms with E-state index >= 15 is 0 Å². The fraction of sp³-hybridized carbons (Fsp3) is 0.600. The fourth-order valence-electron chi connectivity index (χ4n) is 2.64. The molecule has 0 saturated carbocycles. The Morgan fingerprint density at radius 2 is 2.11 bits per heavy atom. The van der Waals surface area contributed by atoms with Crippen LogP contribution in [0.2, 0.25) is 0 Å². The number of benzene rings is 1. The van der Waals surface area contributed by atoms with E-state index in [2.05, 4.69) is 30.4 Å². The summed E-state index contributed by atoms with van der Waals surface area (Å²) in [5, 5.41) is 3.42. The third kappa shape index (κ3) is 2.91. The lowest BCUT2D eigenvalue weighted by molar-refractivity contribution is 0.134. The SMILES string of the molecule is CNC(c1ccc2c(c1)COC2)C(C)CCOC. The first-order valence-electron chi connectivity index (χ1n) is 6.62. The number of hydrogen-bond acceptors (Lipinski definition) is 3. The third-order valence-electron chi connectivity index (χ3n) is 3.76. The lowest BCUT2D eigenvalue weighted by atomic mass is 9.90. The molecule has 0 bridgehead atoms. The van der Waals surface area contributed by atoms with Crippen LogP contribution in [0.3, 0.4) is 0 Å². The summed E-state index contributed by atoms with van der Waals surface area (Å²) >= 11 is 0. The highest BCUT2D eigenvalue weighted by Crippen LogP contribution is 2.28. The Bertz CT molecular complexity index is 392. The molecule has 2 atom stereocenters. The molecule has 1 aromatic carbocycles. The summed E-state index contributed by atoms with van der Waals surface area (Å²) in [5.41, 5.74) is 4.02. The van der Waals surface area contributed by atoms with E-state index in [4.69, 9.17) is 9.47 Å². The molecule has 0 aromatic heterocycles. The van der Waals surface area contributed by atoms with E-state index in [-0.39, 0.29) is 0 Å². The Balaban J connectivity index is 2.12. The molecule has 18 heavy (non-hydrogen) atoms. The van der Waals surface area contributed by atoms with Gasteiger partial charge in [-0.25, -0.2) is 0 Å². The molecule has 1 N–H and O–H groups in total. The van der Waals surface area contributed by atoms with Crippen LogP contribution in [-0.2, 0) is 22.7 Å². The number of ether oxygens (including phenoxy) is 2. The lowest BCUT2D eigenvalue weighted by Gasteiger charge is -2.24. The molecule has 3 nitrogen and oxygen atoms in total. The van der Waals surface area contributed by atoms with Gasteiger partial charge in [-0.1, -0.05) is 25.1 Å². The van der Waals surface area contributed by atoms with Crippen molar-refractivity contribution >= 4 is 0 Å². The van der Waals surface area contributed by atoms with E-state index in [0.29, 0.717) is 12.0 Å². The van der Waals surface area contributed by atoms with E-state index < -0.39 is 0 Å². The normalized spacial score (nSPS) is 17.5. The minimum absolute atomic E-state index is 0.381. The quantitative estimate of drug-likeness (QED) is 0.840. The minimum Gasteiger partial charge on any atom is -0.385 e. The Hall–Kier alpha value is -0.900. The first-order valence-corrected chi connectivity index (χ1v) is 6.62. The maximum atomic E-state index is 5.47. The summed E-state index contributed by atoms with van der Waals surface area (Å²) in [6.07, 6.45) is 1.07. The zero-order chi connectivity index (χ0) is 13.0. The predicted octanol–water partition coefficient (Wildman–Crippen LogP) is 2.65. The monoisotopic (exact) mass is 249 g/mol.